The fraction of sp³-hybridized carbons (Fsp3) is 0.500. The number of ether oxygens (including phenoxy) is 3. The van der Waals surface area contributed by atoms with Gasteiger partial charge < -0.3 is 19.5 Å². The van der Waals surface area contributed by atoms with Crippen molar-refractivity contribution in [3.8, 4) is 11.5 Å². The maximum absolute atomic E-state index is 12.1. The molecule has 1 fully saturated rings. The quantitative estimate of drug-likeness (QED) is 0.761. The molecule has 1 aromatic rings. The van der Waals surface area contributed by atoms with E-state index in [0.29, 0.717) is 31.1 Å². The van der Waals surface area contributed by atoms with Crippen LogP contribution in [0.1, 0.15) is 23.7 Å². The molecular formula is C16H19NO7S. The molecule has 9 heteroatoms. The van der Waals surface area contributed by atoms with Crippen LogP contribution < -0.4 is 14.8 Å². The molecular weight excluding hydrogens is 350 g/mol. The Kier molecular flexibility index (Phi) is 4.59. The summed E-state index contributed by atoms with van der Waals surface area (Å²) >= 11 is 0. The number of carbonyl (C=O) groups excluding carboxylic acids is 2. The van der Waals surface area contributed by atoms with Crippen LogP contribution in [0.5, 0.6) is 11.5 Å². The van der Waals surface area contributed by atoms with E-state index in [2.05, 4.69) is 5.32 Å². The van der Waals surface area contributed by atoms with Gasteiger partial charge in [-0.2, -0.15) is 0 Å². The predicted molar refractivity (Wildman–Crippen MR) is 87.5 cm³/mol. The molecule has 0 spiro atoms. The van der Waals surface area contributed by atoms with Gasteiger partial charge >= 0.3 is 5.97 Å². The Morgan fingerprint density at radius 3 is 2.64 bits per heavy atom. The molecule has 1 N–H and O–H groups in total. The first kappa shape index (κ1) is 17.5. The van der Waals surface area contributed by atoms with Crippen LogP contribution in [0.15, 0.2) is 18.2 Å². The SMILES string of the molecule is CC1(NC(=O)COC(=O)c2ccc3c(c2)OCCO3)CCS(=O)(=O)C1. The van der Waals surface area contributed by atoms with E-state index in [-0.39, 0.29) is 17.1 Å². The third-order valence-corrected chi connectivity index (χ3v) is 5.96. The smallest absolute Gasteiger partial charge is 0.338 e. The van der Waals surface area contributed by atoms with E-state index in [1.807, 2.05) is 0 Å². The lowest BCUT2D eigenvalue weighted by atomic mass is 10.0. The fourth-order valence-electron chi connectivity index (χ4n) is 2.87. The number of carbonyl (C=O) groups is 2. The third-order valence-electron chi connectivity index (χ3n) is 4.06. The van der Waals surface area contributed by atoms with Crippen LogP contribution in [0.3, 0.4) is 0 Å². The molecule has 8 nitrogen and oxygen atoms in total. The molecule has 1 saturated heterocycles. The number of rotatable bonds is 4. The summed E-state index contributed by atoms with van der Waals surface area (Å²) in [5.74, 6) is -0.269. The van der Waals surface area contributed by atoms with E-state index in [4.69, 9.17) is 14.2 Å². The van der Waals surface area contributed by atoms with E-state index in [0.717, 1.165) is 0 Å². The minimum absolute atomic E-state index is 0.0424. The van der Waals surface area contributed by atoms with Gasteiger partial charge in [0, 0.05) is 0 Å². The lowest BCUT2D eigenvalue weighted by Gasteiger charge is -2.23. The minimum atomic E-state index is -3.13. The maximum Gasteiger partial charge on any atom is 0.338 e. The molecule has 1 amide bonds. The predicted octanol–water partition coefficient (Wildman–Crippen LogP) is 0.308. The number of fused-ring (bicyclic) bond motifs is 1. The molecule has 1 unspecified atom stereocenters. The van der Waals surface area contributed by atoms with Crippen molar-refractivity contribution in [2.24, 2.45) is 0 Å². The van der Waals surface area contributed by atoms with Crippen LogP contribution in [0.2, 0.25) is 0 Å². The number of hydrogen-bond donors (Lipinski definition) is 1. The second kappa shape index (κ2) is 6.55. The van der Waals surface area contributed by atoms with Crippen molar-refractivity contribution >= 4 is 21.7 Å². The van der Waals surface area contributed by atoms with E-state index >= 15 is 0 Å². The molecule has 0 aromatic heterocycles. The molecule has 3 rings (SSSR count). The van der Waals surface area contributed by atoms with Gasteiger partial charge in [-0.3, -0.25) is 4.79 Å². The normalized spacial score (nSPS) is 23.7. The molecule has 136 valence electrons. The van der Waals surface area contributed by atoms with Crippen molar-refractivity contribution in [2.75, 3.05) is 31.3 Å². The Labute approximate surface area is 145 Å². The highest BCUT2D eigenvalue weighted by molar-refractivity contribution is 7.91. The Morgan fingerprint density at radius 1 is 1.24 bits per heavy atom. The molecule has 2 aliphatic heterocycles. The first-order chi connectivity index (χ1) is 11.8. The summed E-state index contributed by atoms with van der Waals surface area (Å²) in [5, 5.41) is 2.63. The Morgan fingerprint density at radius 2 is 1.96 bits per heavy atom. The van der Waals surface area contributed by atoms with Crippen LogP contribution in [0.4, 0.5) is 0 Å². The molecule has 0 saturated carbocycles. The molecule has 1 atom stereocenters. The van der Waals surface area contributed by atoms with Crippen LogP contribution in [0.25, 0.3) is 0 Å². The molecule has 0 aliphatic carbocycles. The molecule has 1 aromatic carbocycles. The Hall–Kier alpha value is -2.29. The van der Waals surface area contributed by atoms with Gasteiger partial charge in [0.05, 0.1) is 22.6 Å². The van der Waals surface area contributed by atoms with E-state index in [1.54, 1.807) is 13.0 Å². The molecule has 0 radical (unpaired) electrons. The van der Waals surface area contributed by atoms with Crippen molar-refractivity contribution in [2.45, 2.75) is 18.9 Å². The topological polar surface area (TPSA) is 108 Å². The zero-order chi connectivity index (χ0) is 18.1. The van der Waals surface area contributed by atoms with Gasteiger partial charge in [-0.15, -0.1) is 0 Å². The van der Waals surface area contributed by atoms with Gasteiger partial charge in [-0.05, 0) is 31.5 Å². The van der Waals surface area contributed by atoms with Gasteiger partial charge in [-0.1, -0.05) is 0 Å². The van der Waals surface area contributed by atoms with Crippen LogP contribution in [0, 0.1) is 0 Å². The summed E-state index contributed by atoms with van der Waals surface area (Å²) < 4.78 is 38.8. The number of amides is 1. The second-order valence-corrected chi connectivity index (χ2v) is 8.57. The minimum Gasteiger partial charge on any atom is -0.486 e. The summed E-state index contributed by atoms with van der Waals surface area (Å²) in [4.78, 5) is 24.0. The van der Waals surface area contributed by atoms with Gasteiger partial charge in [0.2, 0.25) is 0 Å². The zero-order valence-electron chi connectivity index (χ0n) is 13.7. The van der Waals surface area contributed by atoms with Gasteiger partial charge in [0.1, 0.15) is 13.2 Å². The van der Waals surface area contributed by atoms with E-state index in [1.165, 1.54) is 12.1 Å². The largest absolute Gasteiger partial charge is 0.486 e. The summed E-state index contributed by atoms with van der Waals surface area (Å²) in [6.45, 7) is 2.03. The maximum atomic E-state index is 12.1. The zero-order valence-corrected chi connectivity index (χ0v) is 14.6. The number of esters is 1. The van der Waals surface area contributed by atoms with Crippen LogP contribution in [-0.4, -0.2) is 57.2 Å². The lowest BCUT2D eigenvalue weighted by molar-refractivity contribution is -0.125. The van der Waals surface area contributed by atoms with E-state index < -0.39 is 33.9 Å². The number of benzene rings is 1. The molecule has 0 bridgehead atoms. The first-order valence-electron chi connectivity index (χ1n) is 7.85. The Bertz CT molecular complexity index is 805. The van der Waals surface area contributed by atoms with Gasteiger partial charge in [0.15, 0.2) is 27.9 Å². The van der Waals surface area contributed by atoms with Crippen molar-refractivity contribution in [3.63, 3.8) is 0 Å². The third kappa shape index (κ3) is 4.22. The van der Waals surface area contributed by atoms with Crippen molar-refractivity contribution in [1.29, 1.82) is 0 Å². The monoisotopic (exact) mass is 369 g/mol. The summed E-state index contributed by atoms with van der Waals surface area (Å²) in [6.07, 6.45) is 0.344. The molecule has 2 aliphatic rings. The highest BCUT2D eigenvalue weighted by atomic mass is 32.2. The average molecular weight is 369 g/mol. The van der Waals surface area contributed by atoms with Gasteiger partial charge in [0.25, 0.3) is 5.91 Å². The van der Waals surface area contributed by atoms with Gasteiger partial charge in [-0.25, -0.2) is 13.2 Å². The first-order valence-corrected chi connectivity index (χ1v) is 9.67. The fourth-order valence-corrected chi connectivity index (χ4v) is 4.96. The second-order valence-electron chi connectivity index (χ2n) is 6.39. The van der Waals surface area contributed by atoms with Crippen molar-refractivity contribution in [3.05, 3.63) is 23.8 Å². The summed E-state index contributed by atoms with van der Waals surface area (Å²) in [5.41, 5.74) is -0.578. The summed E-state index contributed by atoms with van der Waals surface area (Å²) in [7, 11) is -3.13. The Balaban J connectivity index is 1.54. The molecule has 25 heavy (non-hydrogen) atoms. The van der Waals surface area contributed by atoms with E-state index in [9.17, 15) is 18.0 Å². The average Bonchev–Trinajstić information content (AvgIpc) is 2.85. The van der Waals surface area contributed by atoms with Crippen LogP contribution >= 0.6 is 0 Å². The highest BCUT2D eigenvalue weighted by Crippen LogP contribution is 2.31. The number of nitrogens with one attached hydrogen (secondary N) is 1. The lowest BCUT2D eigenvalue weighted by Crippen LogP contribution is -2.48. The highest BCUT2D eigenvalue weighted by Gasteiger charge is 2.39. The van der Waals surface area contributed by atoms with Crippen LogP contribution in [-0.2, 0) is 19.4 Å². The van der Waals surface area contributed by atoms with Crippen molar-refractivity contribution < 1.29 is 32.2 Å². The standard InChI is InChI=1S/C16H19NO7S/c1-16(4-7-25(20,21)10-16)17-14(18)9-24-15(19)11-2-3-12-13(8-11)23-6-5-22-12/h2-3,8H,4-7,9-10H2,1H3,(H,17,18). The molecule has 2 heterocycles. The van der Waals surface area contributed by atoms with Crippen molar-refractivity contribution in [1.82, 2.24) is 5.32 Å². The number of sulfone groups is 1. The summed E-state index contributed by atoms with van der Waals surface area (Å²) in [6, 6.07) is 4.63. The number of hydrogen-bond acceptors (Lipinski definition) is 7.